The normalized spacial score (nSPS) is 16.5. The number of rotatable bonds is 8. The van der Waals surface area contributed by atoms with Gasteiger partial charge in [0, 0.05) is 30.1 Å². The molecular weight excluding hydrogens is 380 g/mol. The Hall–Kier alpha value is -1.54. The summed E-state index contributed by atoms with van der Waals surface area (Å²) in [7, 11) is -3.53. The summed E-state index contributed by atoms with van der Waals surface area (Å²) in [5.41, 5.74) is 0.435. The van der Waals surface area contributed by atoms with E-state index in [1.165, 1.54) is 15.2 Å². The standard InChI is InChI=1S/C20H26N2O3S2/c1-16-8-11-22(12-9-16)27(24,25)19-6-2-4-17(14-19)20(23)15-21-10-7-18-5-3-13-26-18/h2-6,13-14,16,21H,7-12,15H2,1H3. The van der Waals surface area contributed by atoms with Crippen molar-refractivity contribution in [3.63, 3.8) is 0 Å². The number of ketones is 1. The molecule has 7 heteroatoms. The molecule has 1 fully saturated rings. The number of thiophene rings is 1. The minimum absolute atomic E-state index is 0.0921. The molecule has 0 amide bonds. The highest BCUT2D eigenvalue weighted by Gasteiger charge is 2.28. The van der Waals surface area contributed by atoms with Gasteiger partial charge in [0.1, 0.15) is 0 Å². The van der Waals surface area contributed by atoms with E-state index in [1.54, 1.807) is 29.5 Å². The molecule has 0 radical (unpaired) electrons. The van der Waals surface area contributed by atoms with Gasteiger partial charge in [-0.2, -0.15) is 4.31 Å². The highest BCUT2D eigenvalue weighted by molar-refractivity contribution is 7.89. The number of carbonyl (C=O) groups excluding carboxylic acids is 1. The first kappa shape index (κ1) is 20.2. The topological polar surface area (TPSA) is 66.5 Å². The summed E-state index contributed by atoms with van der Waals surface area (Å²) in [4.78, 5) is 13.9. The third kappa shape index (κ3) is 5.25. The summed E-state index contributed by atoms with van der Waals surface area (Å²) < 4.78 is 27.3. The van der Waals surface area contributed by atoms with Crippen LogP contribution >= 0.6 is 11.3 Å². The van der Waals surface area contributed by atoms with Crippen LogP contribution in [0.25, 0.3) is 0 Å². The minimum atomic E-state index is -3.53. The van der Waals surface area contributed by atoms with Crippen LogP contribution in [-0.4, -0.2) is 44.7 Å². The predicted molar refractivity (Wildman–Crippen MR) is 109 cm³/mol. The molecule has 0 aliphatic carbocycles. The molecule has 2 heterocycles. The molecule has 1 saturated heterocycles. The summed E-state index contributed by atoms with van der Waals surface area (Å²) in [5, 5.41) is 5.18. The van der Waals surface area contributed by atoms with Crippen molar-refractivity contribution in [3.8, 4) is 0 Å². The first-order valence-electron chi connectivity index (χ1n) is 9.33. The van der Waals surface area contributed by atoms with E-state index in [0.29, 0.717) is 24.6 Å². The zero-order valence-electron chi connectivity index (χ0n) is 15.6. The fourth-order valence-corrected chi connectivity index (χ4v) is 5.40. The second kappa shape index (κ2) is 9.10. The van der Waals surface area contributed by atoms with Crippen molar-refractivity contribution in [1.29, 1.82) is 0 Å². The van der Waals surface area contributed by atoms with Crippen LogP contribution in [0, 0.1) is 5.92 Å². The molecule has 0 atom stereocenters. The molecule has 0 spiro atoms. The fraction of sp³-hybridized carbons (Fsp3) is 0.450. The Morgan fingerprint density at radius 2 is 2.00 bits per heavy atom. The third-order valence-corrected chi connectivity index (χ3v) is 7.78. The van der Waals surface area contributed by atoms with E-state index in [2.05, 4.69) is 18.3 Å². The monoisotopic (exact) mass is 406 g/mol. The van der Waals surface area contributed by atoms with Gasteiger partial charge in [-0.05, 0) is 48.8 Å². The van der Waals surface area contributed by atoms with Crippen molar-refractivity contribution in [2.24, 2.45) is 5.92 Å². The summed E-state index contributed by atoms with van der Waals surface area (Å²) >= 11 is 1.70. The van der Waals surface area contributed by atoms with Gasteiger partial charge in [0.25, 0.3) is 0 Å². The van der Waals surface area contributed by atoms with Crippen LogP contribution in [0.2, 0.25) is 0 Å². The average Bonchev–Trinajstić information content (AvgIpc) is 3.19. The van der Waals surface area contributed by atoms with E-state index in [4.69, 9.17) is 0 Å². The van der Waals surface area contributed by atoms with Gasteiger partial charge in [-0.15, -0.1) is 11.3 Å². The Morgan fingerprint density at radius 3 is 2.70 bits per heavy atom. The van der Waals surface area contributed by atoms with Crippen LogP contribution in [0.4, 0.5) is 0 Å². The molecule has 146 valence electrons. The number of hydrogen-bond acceptors (Lipinski definition) is 5. The van der Waals surface area contributed by atoms with E-state index in [9.17, 15) is 13.2 Å². The van der Waals surface area contributed by atoms with Gasteiger partial charge in [-0.25, -0.2) is 8.42 Å². The van der Waals surface area contributed by atoms with Crippen molar-refractivity contribution in [2.75, 3.05) is 26.2 Å². The summed E-state index contributed by atoms with van der Waals surface area (Å²) in [6.07, 6.45) is 2.64. The van der Waals surface area contributed by atoms with Gasteiger partial charge < -0.3 is 5.32 Å². The van der Waals surface area contributed by atoms with Gasteiger partial charge in [-0.3, -0.25) is 4.79 Å². The van der Waals surface area contributed by atoms with E-state index in [0.717, 1.165) is 25.8 Å². The second-order valence-corrected chi connectivity index (χ2v) is 10.0. The van der Waals surface area contributed by atoms with Crippen LogP contribution in [-0.2, 0) is 16.4 Å². The highest BCUT2D eigenvalue weighted by atomic mass is 32.2. The Balaban J connectivity index is 1.59. The van der Waals surface area contributed by atoms with Gasteiger partial charge in [0.05, 0.1) is 11.4 Å². The lowest BCUT2D eigenvalue weighted by molar-refractivity contribution is 0.0991. The third-order valence-electron chi connectivity index (χ3n) is 4.95. The van der Waals surface area contributed by atoms with Crippen LogP contribution in [0.1, 0.15) is 35.0 Å². The smallest absolute Gasteiger partial charge is 0.243 e. The van der Waals surface area contributed by atoms with Gasteiger partial charge in [0.2, 0.25) is 10.0 Å². The van der Waals surface area contributed by atoms with Crippen molar-refractivity contribution in [1.82, 2.24) is 9.62 Å². The van der Waals surface area contributed by atoms with Crippen molar-refractivity contribution < 1.29 is 13.2 Å². The molecule has 0 saturated carbocycles. The molecular formula is C20H26N2O3S2. The molecule has 1 aromatic carbocycles. The molecule has 27 heavy (non-hydrogen) atoms. The number of nitrogens with one attached hydrogen (secondary N) is 1. The number of hydrogen-bond donors (Lipinski definition) is 1. The lowest BCUT2D eigenvalue weighted by Gasteiger charge is -2.29. The molecule has 3 rings (SSSR count). The lowest BCUT2D eigenvalue weighted by atomic mass is 10.0. The maximum atomic E-state index is 12.9. The molecule has 5 nitrogen and oxygen atoms in total. The second-order valence-electron chi connectivity index (χ2n) is 7.04. The summed E-state index contributed by atoms with van der Waals surface area (Å²) in [6, 6.07) is 10.5. The molecule has 1 N–H and O–H groups in total. The SMILES string of the molecule is CC1CCN(S(=O)(=O)c2cccc(C(=O)CNCCc3cccs3)c2)CC1. The minimum Gasteiger partial charge on any atom is -0.309 e. The molecule has 1 aromatic heterocycles. The maximum Gasteiger partial charge on any atom is 0.243 e. The van der Waals surface area contributed by atoms with Gasteiger partial charge >= 0.3 is 0 Å². The van der Waals surface area contributed by atoms with Crippen molar-refractivity contribution in [3.05, 3.63) is 52.2 Å². The van der Waals surface area contributed by atoms with E-state index < -0.39 is 10.0 Å². The zero-order chi connectivity index (χ0) is 19.3. The lowest BCUT2D eigenvalue weighted by Crippen LogP contribution is -2.37. The Labute approximate surface area is 165 Å². The van der Waals surface area contributed by atoms with Crippen LogP contribution in [0.5, 0.6) is 0 Å². The number of piperidine rings is 1. The largest absolute Gasteiger partial charge is 0.309 e. The Morgan fingerprint density at radius 1 is 1.22 bits per heavy atom. The first-order chi connectivity index (χ1) is 13.0. The number of nitrogens with zero attached hydrogens (tertiary/aromatic N) is 1. The quantitative estimate of drug-likeness (QED) is 0.540. The van der Waals surface area contributed by atoms with Crippen LogP contribution in [0.3, 0.4) is 0 Å². The molecule has 2 aromatic rings. The first-order valence-corrected chi connectivity index (χ1v) is 11.7. The van der Waals surface area contributed by atoms with Crippen LogP contribution < -0.4 is 5.32 Å². The number of carbonyl (C=O) groups is 1. The zero-order valence-corrected chi connectivity index (χ0v) is 17.2. The Bertz CT molecular complexity index is 855. The number of Topliss-reactive ketones (excluding diaryl/α,β-unsaturated/α-hetero) is 1. The Kier molecular flexibility index (Phi) is 6.81. The fourth-order valence-electron chi connectivity index (χ4n) is 3.17. The molecule has 1 aliphatic rings. The van der Waals surface area contributed by atoms with Crippen molar-refractivity contribution in [2.45, 2.75) is 31.1 Å². The molecule has 0 bridgehead atoms. The number of sulfonamides is 1. The van der Waals surface area contributed by atoms with Gasteiger partial charge in [0.15, 0.2) is 5.78 Å². The average molecular weight is 407 g/mol. The van der Waals surface area contributed by atoms with E-state index >= 15 is 0 Å². The predicted octanol–water partition coefficient (Wildman–Crippen LogP) is 3.18. The van der Waals surface area contributed by atoms with Crippen molar-refractivity contribution >= 4 is 27.1 Å². The van der Waals surface area contributed by atoms with E-state index in [-0.39, 0.29) is 17.2 Å². The van der Waals surface area contributed by atoms with E-state index in [1.807, 2.05) is 11.4 Å². The highest BCUT2D eigenvalue weighted by Crippen LogP contribution is 2.24. The summed E-state index contributed by atoms with van der Waals surface area (Å²) in [6.45, 7) is 4.17. The maximum absolute atomic E-state index is 12.9. The number of benzene rings is 1. The molecule has 0 unspecified atom stereocenters. The summed E-state index contributed by atoms with van der Waals surface area (Å²) in [5.74, 6) is 0.468. The molecule has 1 aliphatic heterocycles. The van der Waals surface area contributed by atoms with Gasteiger partial charge in [-0.1, -0.05) is 25.1 Å². The van der Waals surface area contributed by atoms with Crippen LogP contribution in [0.15, 0.2) is 46.7 Å².